The largest absolute Gasteiger partial charge is 0.0530 e. The molecule has 0 bridgehead atoms. The predicted octanol–water partition coefficient (Wildman–Crippen LogP) is 4.94. The third-order valence-electron chi connectivity index (χ3n) is 31.3. The molecular formula is C40H32. The van der Waals surface area contributed by atoms with Crippen LogP contribution in [0.1, 0.15) is 44.9 Å². The van der Waals surface area contributed by atoms with Crippen LogP contribution in [0.3, 0.4) is 0 Å². The Morgan fingerprint density at radius 1 is 0.300 bits per heavy atom. The molecule has 0 aliphatic heterocycles. The first-order valence-corrected chi connectivity index (χ1v) is 19.9. The van der Waals surface area contributed by atoms with Crippen LogP contribution in [0.15, 0.2) is 0 Å². The van der Waals surface area contributed by atoms with Crippen LogP contribution in [-0.2, 0) is 0 Å². The average molecular weight is 513 g/mol. The topological polar surface area (TPSA) is 0 Å². The molecule has 0 heterocycles. The first kappa shape index (κ1) is 14.9. The lowest BCUT2D eigenvalue weighted by atomic mass is 8.43. The van der Waals surface area contributed by atoms with Crippen LogP contribution in [0.4, 0.5) is 0 Å². The molecule has 0 aromatic rings. The van der Waals surface area contributed by atoms with Gasteiger partial charge in [0.15, 0.2) is 0 Å². The van der Waals surface area contributed by atoms with Gasteiger partial charge in [-0.15, -0.1) is 0 Å². The van der Waals surface area contributed by atoms with Gasteiger partial charge < -0.3 is 0 Å². The van der Waals surface area contributed by atoms with Crippen molar-refractivity contribution in [2.75, 3.05) is 0 Å². The summed E-state index contributed by atoms with van der Waals surface area (Å²) in [6.45, 7) is 0. The van der Waals surface area contributed by atoms with E-state index in [-0.39, 0.29) is 0 Å². The summed E-state index contributed by atoms with van der Waals surface area (Å²) in [6.07, 6.45) is 12.3. The van der Waals surface area contributed by atoms with E-state index in [1.165, 1.54) is 107 Å². The van der Waals surface area contributed by atoms with Crippen molar-refractivity contribution in [2.45, 2.75) is 44.9 Å². The van der Waals surface area contributed by atoms with Crippen molar-refractivity contribution in [3.63, 3.8) is 0 Å². The summed E-state index contributed by atoms with van der Waals surface area (Å²) in [5, 5.41) is 0. The lowest BCUT2D eigenvalue weighted by Gasteiger charge is -3.59. The molecule has 0 radical (unpaired) electrons. The molecule has 0 aromatic carbocycles. The summed E-state index contributed by atoms with van der Waals surface area (Å²) < 4.78 is 0. The van der Waals surface area contributed by atoms with E-state index in [9.17, 15) is 0 Å². The second-order valence-electron chi connectivity index (χ2n) is 24.4. The Kier molecular flexibility index (Phi) is 0.917. The highest BCUT2D eigenvalue weighted by molar-refractivity contribution is 6.04. The maximum Gasteiger partial charge on any atom is -0.000740 e. The molecule has 0 saturated heterocycles. The highest BCUT2D eigenvalue weighted by Crippen LogP contribution is 3.61. The van der Waals surface area contributed by atoms with Crippen LogP contribution in [-0.4, -0.2) is 0 Å². The predicted molar refractivity (Wildman–Crippen MR) is 132 cm³/mol. The van der Waals surface area contributed by atoms with Gasteiger partial charge >= 0.3 is 0 Å². The smallest absolute Gasteiger partial charge is 0.000740 e. The van der Waals surface area contributed by atoms with E-state index in [1.54, 1.807) is 32.1 Å². The van der Waals surface area contributed by atoms with Crippen LogP contribution >= 0.6 is 0 Å². The minimum absolute atomic E-state index is 1.04. The minimum atomic E-state index is 1.04. The second kappa shape index (κ2) is 2.47. The molecule has 25 saturated carbocycles. The van der Waals surface area contributed by atoms with Crippen LogP contribution in [0, 0.1) is 188 Å². The van der Waals surface area contributed by atoms with Crippen molar-refractivity contribution >= 4 is 0 Å². The van der Waals surface area contributed by atoms with Gasteiger partial charge in [0, 0.05) is 0 Å². The van der Waals surface area contributed by atoms with Crippen LogP contribution in [0.5, 0.6) is 0 Å². The van der Waals surface area contributed by atoms with Crippen molar-refractivity contribution in [1.82, 2.24) is 0 Å². The van der Waals surface area contributed by atoms with Crippen LogP contribution in [0.25, 0.3) is 0 Å². The van der Waals surface area contributed by atoms with Crippen LogP contribution < -0.4 is 0 Å². The van der Waals surface area contributed by atoms with Crippen LogP contribution in [0.2, 0.25) is 0 Å². The number of rotatable bonds is 0. The number of hydrogen-bond donors (Lipinski definition) is 0. The van der Waals surface area contributed by atoms with Gasteiger partial charge in [-0.2, -0.15) is 0 Å². The van der Waals surface area contributed by atoms with E-state index in [2.05, 4.69) is 0 Å². The van der Waals surface area contributed by atoms with E-state index in [0.29, 0.717) is 0 Å². The van der Waals surface area contributed by atoms with E-state index in [4.69, 9.17) is 0 Å². The van der Waals surface area contributed by atoms with E-state index in [0.717, 1.165) is 81.2 Å². The van der Waals surface area contributed by atoms with Gasteiger partial charge in [0.05, 0.1) is 0 Å². The van der Waals surface area contributed by atoms with Gasteiger partial charge in [-0.3, -0.25) is 0 Å². The molecule has 0 aromatic heterocycles. The molecule has 25 aliphatic carbocycles. The first-order valence-electron chi connectivity index (χ1n) is 19.9. The summed E-state index contributed by atoms with van der Waals surface area (Å²) in [5.41, 5.74) is 16.5. The average Bonchev–Trinajstić information content (AvgIpc) is 2.83. The standard InChI is InChI=1S/C40H32/c1-2-4-10-18-14-8(3-1)16-22-25-21-13-7-12-20-15-9-5-6-11-19-24-23-17(9)29(15)31(20)27(12,13)33(21)37(25)34(22)28(14,16)30(18)26(10,11)32(19)36(24)35(23,29)39(31,33)40(36,37)38(30,32)34/h8-25H,1-7H2. The van der Waals surface area contributed by atoms with E-state index < -0.39 is 0 Å². The van der Waals surface area contributed by atoms with Crippen molar-refractivity contribution < 1.29 is 0 Å². The fourth-order valence-corrected chi connectivity index (χ4v) is 38.9. The third-order valence-corrected chi connectivity index (χ3v) is 31.3. The molecule has 15 spiro atoms. The van der Waals surface area contributed by atoms with E-state index >= 15 is 0 Å². The van der Waals surface area contributed by atoms with Gasteiger partial charge in [-0.05, 0) is 220 Å². The lowest BCUT2D eigenvalue weighted by molar-refractivity contribution is -1.14. The Balaban J connectivity index is 0.985. The van der Waals surface area contributed by atoms with Gasteiger partial charge in [0.25, 0.3) is 0 Å². The quantitative estimate of drug-likeness (QED) is 0.431. The molecule has 40 heavy (non-hydrogen) atoms. The zero-order valence-electron chi connectivity index (χ0n) is 22.8. The molecule has 0 amide bonds. The highest BCUT2D eigenvalue weighted by atomic mass is 15.6. The normalized spacial score (nSPS) is 125. The minimum Gasteiger partial charge on any atom is -0.0530 e. The third kappa shape index (κ3) is 0.372. The molecule has 33 unspecified atom stereocenters. The van der Waals surface area contributed by atoms with Crippen molar-refractivity contribution in [1.29, 1.82) is 0 Å². The fraction of sp³-hybridized carbons (Fsp3) is 1.00. The molecule has 25 fully saturated rings. The number of hydrogen-bond acceptors (Lipinski definition) is 0. The second-order valence-corrected chi connectivity index (χ2v) is 24.4. The molecule has 25 rings (SSSR count). The Morgan fingerprint density at radius 3 is 1.50 bits per heavy atom. The zero-order chi connectivity index (χ0) is 22.8. The Labute approximate surface area is 232 Å². The maximum absolute atomic E-state index is 1.82. The van der Waals surface area contributed by atoms with E-state index in [1.807, 2.05) is 12.8 Å². The molecule has 0 heteroatoms. The summed E-state index contributed by atoms with van der Waals surface area (Å²) in [6, 6.07) is 0. The van der Waals surface area contributed by atoms with Gasteiger partial charge in [-0.1, -0.05) is 12.8 Å². The Bertz CT molecular complexity index is 2150. The zero-order valence-corrected chi connectivity index (χ0v) is 22.8. The molecule has 33 atom stereocenters. The molecule has 0 nitrogen and oxygen atoms in total. The monoisotopic (exact) mass is 512 g/mol. The molecule has 0 N–H and O–H groups in total. The Morgan fingerprint density at radius 2 is 0.775 bits per heavy atom. The fourth-order valence-electron chi connectivity index (χ4n) is 38.9. The van der Waals surface area contributed by atoms with Gasteiger partial charge in [0.2, 0.25) is 0 Å². The first-order chi connectivity index (χ1) is 19.9. The SMILES string of the molecule is C1CCC2C3C4C(C1)C1C5C6C7C8CC9C%10C%11C%12CCC%13C%14C%15C%16C%12C%11%12C%10%11C98C78C67C56C41C31C2%13C%142C%153C%16%12C%118C73C126. The Hall–Kier alpha value is 0. The lowest BCUT2D eigenvalue weighted by Crippen LogP contribution is -3.58. The molecular weight excluding hydrogens is 480 g/mol. The summed E-state index contributed by atoms with van der Waals surface area (Å²) in [4.78, 5) is 0. The summed E-state index contributed by atoms with van der Waals surface area (Å²) in [5.74, 6) is 24.4. The van der Waals surface area contributed by atoms with Crippen molar-refractivity contribution in [2.24, 2.45) is 188 Å². The molecule has 25 aliphatic rings. The van der Waals surface area contributed by atoms with Crippen molar-refractivity contribution in [3.05, 3.63) is 0 Å². The van der Waals surface area contributed by atoms with Gasteiger partial charge in [-0.25, -0.2) is 0 Å². The number of fused-ring (bicyclic) bond motifs is 8. The molecule has 192 valence electrons. The maximum atomic E-state index is 1.82. The summed E-state index contributed by atoms with van der Waals surface area (Å²) >= 11 is 0. The highest BCUT2D eigenvalue weighted by Gasteiger charge is 3.59. The van der Waals surface area contributed by atoms with Crippen molar-refractivity contribution in [3.8, 4) is 0 Å². The van der Waals surface area contributed by atoms with Gasteiger partial charge in [0.1, 0.15) is 0 Å². The summed E-state index contributed by atoms with van der Waals surface area (Å²) in [7, 11) is 0.